The Bertz CT molecular complexity index is 437. The third-order valence-corrected chi connectivity index (χ3v) is 2.98. The molecule has 0 atom stereocenters. The van der Waals surface area contributed by atoms with Crippen LogP contribution in [-0.2, 0) is 0 Å². The smallest absolute Gasteiger partial charge is 0.258 e. The topological polar surface area (TPSA) is 43.1 Å². The van der Waals surface area contributed by atoms with Crippen molar-refractivity contribution >= 4 is 33.4 Å². The summed E-state index contributed by atoms with van der Waals surface area (Å²) in [7, 11) is 0. The largest absolute Gasteiger partial charge is 0.446 e. The molecule has 0 N–H and O–H groups in total. The van der Waals surface area contributed by atoms with Crippen molar-refractivity contribution in [1.29, 1.82) is 0 Å². The summed E-state index contributed by atoms with van der Waals surface area (Å²) in [6.45, 7) is 0. The van der Waals surface area contributed by atoms with Crippen molar-refractivity contribution in [3.8, 4) is 0 Å². The zero-order chi connectivity index (χ0) is 12.5. The van der Waals surface area contributed by atoms with Gasteiger partial charge in [0, 0.05) is 0 Å². The maximum absolute atomic E-state index is 12.9. The fraction of sp³-hybridized carbons (Fsp3) is 0.143. The maximum Gasteiger partial charge on any atom is 0.446 e. The molecular formula is C7H2BrF4NO2S. The summed E-state index contributed by atoms with van der Waals surface area (Å²) in [5, 5.41) is 10.5. The molecule has 0 spiro atoms. The Morgan fingerprint density at radius 2 is 1.94 bits per heavy atom. The van der Waals surface area contributed by atoms with E-state index in [9.17, 15) is 27.7 Å². The number of thioether (sulfide) groups is 1. The summed E-state index contributed by atoms with van der Waals surface area (Å²) in [4.78, 5) is 8.78. The number of hydrogen-bond donors (Lipinski definition) is 0. The SMILES string of the molecule is O=[N+]([O-])c1c(SC(F)(F)F)ccc(F)c1Br. The molecule has 16 heavy (non-hydrogen) atoms. The van der Waals surface area contributed by atoms with Crippen LogP contribution < -0.4 is 0 Å². The molecule has 0 saturated carbocycles. The van der Waals surface area contributed by atoms with Gasteiger partial charge in [-0.1, -0.05) is 0 Å². The lowest BCUT2D eigenvalue weighted by atomic mass is 10.3. The number of nitro benzene ring substituents is 1. The average Bonchev–Trinajstić information content (AvgIpc) is 2.08. The predicted octanol–water partition coefficient (Wildman–Crippen LogP) is 4.11. The molecule has 0 aromatic heterocycles. The summed E-state index contributed by atoms with van der Waals surface area (Å²) < 4.78 is 48.5. The van der Waals surface area contributed by atoms with Crippen molar-refractivity contribution < 1.29 is 22.5 Å². The Hall–Kier alpha value is -0.830. The van der Waals surface area contributed by atoms with Crippen molar-refractivity contribution in [3.05, 3.63) is 32.5 Å². The predicted molar refractivity (Wildman–Crippen MR) is 52.7 cm³/mol. The van der Waals surface area contributed by atoms with Gasteiger partial charge < -0.3 is 0 Å². The van der Waals surface area contributed by atoms with Gasteiger partial charge in [0.25, 0.3) is 5.69 Å². The first-order valence-corrected chi connectivity index (χ1v) is 5.21. The number of rotatable bonds is 2. The summed E-state index contributed by atoms with van der Waals surface area (Å²) in [5.74, 6) is -0.988. The van der Waals surface area contributed by atoms with Crippen LogP contribution in [0.1, 0.15) is 0 Å². The molecule has 0 aliphatic rings. The lowest BCUT2D eigenvalue weighted by Gasteiger charge is -2.07. The van der Waals surface area contributed by atoms with E-state index in [-0.39, 0.29) is 0 Å². The van der Waals surface area contributed by atoms with E-state index in [4.69, 9.17) is 0 Å². The van der Waals surface area contributed by atoms with Crippen LogP contribution >= 0.6 is 27.7 Å². The van der Waals surface area contributed by atoms with Crippen molar-refractivity contribution in [2.45, 2.75) is 10.4 Å². The van der Waals surface area contributed by atoms with E-state index in [0.29, 0.717) is 0 Å². The van der Waals surface area contributed by atoms with Crippen LogP contribution in [0.25, 0.3) is 0 Å². The third-order valence-electron chi connectivity index (χ3n) is 1.44. The van der Waals surface area contributed by atoms with Gasteiger partial charge in [0.15, 0.2) is 0 Å². The molecule has 0 radical (unpaired) electrons. The summed E-state index contributed by atoms with van der Waals surface area (Å²) in [6.07, 6.45) is 0. The molecule has 0 unspecified atom stereocenters. The van der Waals surface area contributed by atoms with E-state index in [0.717, 1.165) is 12.1 Å². The van der Waals surface area contributed by atoms with Crippen molar-refractivity contribution in [3.63, 3.8) is 0 Å². The van der Waals surface area contributed by atoms with E-state index >= 15 is 0 Å². The monoisotopic (exact) mass is 319 g/mol. The molecule has 0 aliphatic carbocycles. The second-order valence-electron chi connectivity index (χ2n) is 2.51. The van der Waals surface area contributed by atoms with Crippen LogP contribution in [0.2, 0.25) is 0 Å². The van der Waals surface area contributed by atoms with Gasteiger partial charge >= 0.3 is 5.51 Å². The lowest BCUT2D eigenvalue weighted by Crippen LogP contribution is -2.02. The minimum atomic E-state index is -4.66. The maximum atomic E-state index is 12.9. The van der Waals surface area contributed by atoms with Crippen molar-refractivity contribution in [1.82, 2.24) is 0 Å². The highest BCUT2D eigenvalue weighted by atomic mass is 79.9. The van der Waals surface area contributed by atoms with E-state index in [1.807, 2.05) is 0 Å². The molecule has 88 valence electrons. The Labute approximate surface area is 99.1 Å². The first-order valence-electron chi connectivity index (χ1n) is 3.60. The lowest BCUT2D eigenvalue weighted by molar-refractivity contribution is -0.388. The van der Waals surface area contributed by atoms with Crippen LogP contribution in [0, 0.1) is 15.9 Å². The standard InChI is InChI=1S/C7H2BrF4NO2S/c8-5-3(9)1-2-4(6(5)13(14)15)16-7(10,11)12/h1-2H. The molecule has 0 aliphatic heterocycles. The van der Waals surface area contributed by atoms with Crippen molar-refractivity contribution in [2.75, 3.05) is 0 Å². The minimum absolute atomic E-state index is 0.591. The molecule has 0 fully saturated rings. The molecule has 1 aromatic rings. The van der Waals surface area contributed by atoms with E-state index in [1.165, 1.54) is 0 Å². The van der Waals surface area contributed by atoms with Crippen LogP contribution in [0.5, 0.6) is 0 Å². The zero-order valence-corrected chi connectivity index (χ0v) is 9.62. The summed E-state index contributed by atoms with van der Waals surface area (Å²) in [6, 6.07) is 1.45. The second-order valence-corrected chi connectivity index (χ2v) is 4.41. The molecule has 0 saturated heterocycles. The number of alkyl halides is 3. The Morgan fingerprint density at radius 3 is 2.38 bits per heavy atom. The highest BCUT2D eigenvalue weighted by Crippen LogP contribution is 2.44. The zero-order valence-electron chi connectivity index (χ0n) is 7.22. The quantitative estimate of drug-likeness (QED) is 0.356. The van der Waals surface area contributed by atoms with E-state index < -0.39 is 43.1 Å². The fourth-order valence-corrected chi connectivity index (χ4v) is 2.18. The molecular weight excluding hydrogens is 318 g/mol. The van der Waals surface area contributed by atoms with Crippen LogP contribution in [0.3, 0.4) is 0 Å². The van der Waals surface area contributed by atoms with Crippen LogP contribution in [-0.4, -0.2) is 10.4 Å². The molecule has 3 nitrogen and oxygen atoms in total. The van der Waals surface area contributed by atoms with Gasteiger partial charge in [-0.15, -0.1) is 0 Å². The normalized spacial score (nSPS) is 11.6. The number of hydrogen-bond acceptors (Lipinski definition) is 3. The van der Waals surface area contributed by atoms with Gasteiger partial charge in [-0.3, -0.25) is 10.1 Å². The Morgan fingerprint density at radius 1 is 1.38 bits per heavy atom. The molecule has 1 aromatic carbocycles. The molecule has 1 rings (SSSR count). The van der Waals surface area contributed by atoms with E-state index in [1.54, 1.807) is 0 Å². The number of nitrogens with zero attached hydrogens (tertiary/aromatic N) is 1. The van der Waals surface area contributed by atoms with Gasteiger partial charge in [-0.25, -0.2) is 4.39 Å². The van der Waals surface area contributed by atoms with Crippen molar-refractivity contribution in [2.24, 2.45) is 0 Å². The number of nitro groups is 1. The highest BCUT2D eigenvalue weighted by Gasteiger charge is 2.34. The minimum Gasteiger partial charge on any atom is -0.258 e. The Kier molecular flexibility index (Phi) is 3.79. The number of halogens is 5. The van der Waals surface area contributed by atoms with E-state index in [2.05, 4.69) is 15.9 Å². The Balaban J connectivity index is 3.29. The first kappa shape index (κ1) is 13.2. The van der Waals surface area contributed by atoms with Gasteiger partial charge in [-0.2, -0.15) is 13.2 Å². The van der Waals surface area contributed by atoms with Crippen LogP contribution in [0.4, 0.5) is 23.2 Å². The van der Waals surface area contributed by atoms with Gasteiger partial charge in [0.1, 0.15) is 10.3 Å². The van der Waals surface area contributed by atoms with Crippen LogP contribution in [0.15, 0.2) is 21.5 Å². The molecule has 0 bridgehead atoms. The number of benzene rings is 1. The van der Waals surface area contributed by atoms with Gasteiger partial charge in [0.2, 0.25) is 0 Å². The molecule has 0 amide bonds. The third kappa shape index (κ3) is 3.08. The second kappa shape index (κ2) is 4.58. The average molecular weight is 320 g/mol. The fourth-order valence-electron chi connectivity index (χ4n) is 0.899. The summed E-state index contributed by atoms with van der Waals surface area (Å²) in [5.41, 5.74) is -5.59. The first-order chi connectivity index (χ1) is 7.22. The van der Waals surface area contributed by atoms with Gasteiger partial charge in [-0.05, 0) is 39.8 Å². The van der Waals surface area contributed by atoms with Gasteiger partial charge in [0.05, 0.1) is 9.82 Å². The molecule has 9 heteroatoms. The molecule has 0 heterocycles. The summed E-state index contributed by atoms with van der Waals surface area (Å²) >= 11 is 1.88. The highest BCUT2D eigenvalue weighted by molar-refractivity contribution is 9.10.